The summed E-state index contributed by atoms with van der Waals surface area (Å²) in [5.74, 6) is 0.526. The van der Waals surface area contributed by atoms with Crippen LogP contribution in [-0.2, 0) is 10.2 Å². The fourth-order valence-electron chi connectivity index (χ4n) is 3.55. The summed E-state index contributed by atoms with van der Waals surface area (Å²) in [4.78, 5) is 11.9. The van der Waals surface area contributed by atoms with Gasteiger partial charge in [-0.25, -0.2) is 4.79 Å². The smallest absolute Gasteiger partial charge is 0.337 e. The second kappa shape index (κ2) is 8.25. The molecule has 142 valence electrons. The van der Waals surface area contributed by atoms with Crippen molar-refractivity contribution in [3.8, 4) is 5.75 Å². The first-order chi connectivity index (χ1) is 12.4. The Hall–Kier alpha value is -2.15. The van der Waals surface area contributed by atoms with Crippen LogP contribution in [0.2, 0.25) is 0 Å². The molecule has 1 aliphatic rings. The number of rotatable bonds is 4. The molecule has 3 rings (SSSR count). The highest BCUT2D eigenvalue weighted by Gasteiger charge is 2.43. The van der Waals surface area contributed by atoms with E-state index in [2.05, 4.69) is 30.6 Å². The molecular weight excluding hydrogens is 453 g/mol. The van der Waals surface area contributed by atoms with Gasteiger partial charge in [0.15, 0.2) is 5.71 Å². The number of methoxy groups -OCH3 is 2. The quantitative estimate of drug-likeness (QED) is 0.378. The number of fused-ring (bicyclic) bond motifs is 1. The molecular formula is C22H24INO3. The molecule has 5 heteroatoms. The minimum atomic E-state index is -0.315. The second-order valence-corrected chi connectivity index (χ2v) is 6.87. The minimum absolute atomic E-state index is 0. The Labute approximate surface area is 177 Å². The van der Waals surface area contributed by atoms with Crippen LogP contribution in [-0.4, -0.2) is 37.5 Å². The number of esters is 1. The topological polar surface area (TPSA) is 38.5 Å². The lowest BCUT2D eigenvalue weighted by atomic mass is 9.80. The van der Waals surface area contributed by atoms with Crippen molar-refractivity contribution in [3.05, 3.63) is 65.2 Å². The Morgan fingerprint density at radius 1 is 1.07 bits per heavy atom. The van der Waals surface area contributed by atoms with E-state index in [0.29, 0.717) is 5.56 Å². The number of ether oxygens (including phenoxy) is 2. The molecule has 0 spiro atoms. The number of allylic oxidation sites excluding steroid dienone is 1. The molecule has 2 aromatic carbocycles. The van der Waals surface area contributed by atoms with Crippen molar-refractivity contribution < 1.29 is 42.8 Å². The van der Waals surface area contributed by atoms with Gasteiger partial charge in [0.1, 0.15) is 12.8 Å². The highest BCUT2D eigenvalue weighted by Crippen LogP contribution is 2.40. The van der Waals surface area contributed by atoms with Gasteiger partial charge in [0, 0.05) is 23.3 Å². The van der Waals surface area contributed by atoms with E-state index in [1.165, 1.54) is 7.11 Å². The van der Waals surface area contributed by atoms with Crippen LogP contribution in [0, 0.1) is 0 Å². The zero-order valence-electron chi connectivity index (χ0n) is 16.2. The zero-order valence-corrected chi connectivity index (χ0v) is 18.4. The largest absolute Gasteiger partial charge is 1.00 e. The molecule has 4 nitrogen and oxygen atoms in total. The number of halogens is 1. The van der Waals surface area contributed by atoms with Crippen molar-refractivity contribution >= 4 is 23.4 Å². The van der Waals surface area contributed by atoms with Crippen LogP contribution in [0.5, 0.6) is 5.75 Å². The molecule has 0 saturated heterocycles. The first-order valence-corrected chi connectivity index (χ1v) is 8.55. The summed E-state index contributed by atoms with van der Waals surface area (Å²) in [6.07, 6.45) is 4.19. The third kappa shape index (κ3) is 3.78. The average Bonchev–Trinajstić information content (AvgIpc) is 2.85. The number of hydrogen-bond donors (Lipinski definition) is 0. The summed E-state index contributed by atoms with van der Waals surface area (Å²) in [5, 5.41) is 0. The molecule has 0 bridgehead atoms. The van der Waals surface area contributed by atoms with Crippen LogP contribution in [0.3, 0.4) is 0 Å². The highest BCUT2D eigenvalue weighted by molar-refractivity contribution is 6.06. The van der Waals surface area contributed by atoms with E-state index in [0.717, 1.165) is 28.3 Å². The zero-order chi connectivity index (χ0) is 18.9. The SMILES string of the molecule is COC(=O)c1ccc2c(c1)C(C)(C)C(/C=C/c1ccccc1OC)=[N+]2C.[I-]. The van der Waals surface area contributed by atoms with Gasteiger partial charge >= 0.3 is 5.97 Å². The monoisotopic (exact) mass is 477 g/mol. The minimum Gasteiger partial charge on any atom is -1.00 e. The van der Waals surface area contributed by atoms with E-state index >= 15 is 0 Å². The van der Waals surface area contributed by atoms with E-state index in [1.807, 2.05) is 49.5 Å². The molecule has 2 aromatic rings. The highest BCUT2D eigenvalue weighted by atomic mass is 127. The van der Waals surface area contributed by atoms with Crippen LogP contribution in [0.1, 0.15) is 35.3 Å². The number of hydrogen-bond acceptors (Lipinski definition) is 3. The Balaban J connectivity index is 0.00000261. The van der Waals surface area contributed by atoms with Gasteiger partial charge in [-0.1, -0.05) is 18.2 Å². The molecule has 0 unspecified atom stereocenters. The summed E-state index contributed by atoms with van der Waals surface area (Å²) < 4.78 is 12.5. The third-order valence-corrected chi connectivity index (χ3v) is 5.01. The van der Waals surface area contributed by atoms with Crippen molar-refractivity contribution in [2.45, 2.75) is 19.3 Å². The summed E-state index contributed by atoms with van der Waals surface area (Å²) in [5.41, 5.74) is 4.73. The lowest BCUT2D eigenvalue weighted by Crippen LogP contribution is -3.00. The van der Waals surface area contributed by atoms with Crippen LogP contribution in [0.15, 0.2) is 48.5 Å². The fourth-order valence-corrected chi connectivity index (χ4v) is 3.55. The van der Waals surface area contributed by atoms with E-state index in [-0.39, 0.29) is 35.4 Å². The van der Waals surface area contributed by atoms with E-state index < -0.39 is 0 Å². The predicted octanol–water partition coefficient (Wildman–Crippen LogP) is 1.21. The van der Waals surface area contributed by atoms with E-state index in [1.54, 1.807) is 7.11 Å². The van der Waals surface area contributed by atoms with Gasteiger partial charge in [-0.15, -0.1) is 0 Å². The van der Waals surface area contributed by atoms with Gasteiger partial charge in [-0.05, 0) is 38.1 Å². The Morgan fingerprint density at radius 3 is 2.44 bits per heavy atom. The van der Waals surface area contributed by atoms with Crippen LogP contribution in [0.4, 0.5) is 5.69 Å². The molecule has 0 aliphatic carbocycles. The predicted molar refractivity (Wildman–Crippen MR) is 104 cm³/mol. The van der Waals surface area contributed by atoms with Crippen LogP contribution < -0.4 is 28.7 Å². The third-order valence-electron chi connectivity index (χ3n) is 5.01. The molecule has 0 atom stereocenters. The van der Waals surface area contributed by atoms with E-state index in [9.17, 15) is 4.79 Å². The van der Waals surface area contributed by atoms with E-state index in [4.69, 9.17) is 9.47 Å². The summed E-state index contributed by atoms with van der Waals surface area (Å²) in [7, 11) is 5.13. The molecule has 0 saturated carbocycles. The summed E-state index contributed by atoms with van der Waals surface area (Å²) in [6, 6.07) is 13.7. The second-order valence-electron chi connectivity index (χ2n) is 6.87. The Kier molecular flexibility index (Phi) is 6.46. The van der Waals surface area contributed by atoms with Crippen LogP contribution >= 0.6 is 0 Å². The summed E-state index contributed by atoms with van der Waals surface area (Å²) in [6.45, 7) is 4.33. The number of carbonyl (C=O) groups is 1. The molecule has 0 aromatic heterocycles. The standard InChI is InChI=1S/C22H24NO3.HI/c1-22(2)17-14-16(21(24)26-5)10-12-18(17)23(3)20(22)13-11-15-8-6-7-9-19(15)25-4;/h6-14H,1-5H3;1H/q+1;/p-1/b13-11+;. The molecule has 0 radical (unpaired) electrons. The number of para-hydroxylation sites is 1. The van der Waals surface area contributed by atoms with Gasteiger partial charge in [0.05, 0.1) is 25.2 Å². The molecule has 1 aliphatic heterocycles. The van der Waals surface area contributed by atoms with Gasteiger partial charge < -0.3 is 33.5 Å². The lowest BCUT2D eigenvalue weighted by Gasteiger charge is -2.16. The number of benzene rings is 2. The van der Waals surface area contributed by atoms with Gasteiger partial charge in [0.25, 0.3) is 0 Å². The van der Waals surface area contributed by atoms with Crippen molar-refractivity contribution in [3.63, 3.8) is 0 Å². The number of nitrogens with zero attached hydrogens (tertiary/aromatic N) is 1. The van der Waals surface area contributed by atoms with Gasteiger partial charge in [0.2, 0.25) is 5.69 Å². The van der Waals surface area contributed by atoms with Crippen molar-refractivity contribution in [2.24, 2.45) is 0 Å². The van der Waals surface area contributed by atoms with Crippen molar-refractivity contribution in [1.82, 2.24) is 0 Å². The Bertz CT molecular complexity index is 929. The maximum atomic E-state index is 11.9. The maximum Gasteiger partial charge on any atom is 0.337 e. The summed E-state index contributed by atoms with van der Waals surface area (Å²) >= 11 is 0. The molecule has 1 heterocycles. The molecule has 27 heavy (non-hydrogen) atoms. The first-order valence-electron chi connectivity index (χ1n) is 8.55. The van der Waals surface area contributed by atoms with Crippen LogP contribution in [0.25, 0.3) is 6.08 Å². The average molecular weight is 477 g/mol. The van der Waals surface area contributed by atoms with Crippen molar-refractivity contribution in [1.29, 1.82) is 0 Å². The normalized spacial score (nSPS) is 14.7. The lowest BCUT2D eigenvalue weighted by molar-refractivity contribution is -0.401. The fraction of sp³-hybridized carbons (Fsp3) is 0.273. The maximum absolute atomic E-state index is 11.9. The first kappa shape index (κ1) is 21.2. The van der Waals surface area contributed by atoms with Crippen molar-refractivity contribution in [2.75, 3.05) is 21.3 Å². The van der Waals surface area contributed by atoms with Gasteiger partial charge in [-0.2, -0.15) is 4.58 Å². The van der Waals surface area contributed by atoms with Gasteiger partial charge in [-0.3, -0.25) is 0 Å². The Morgan fingerprint density at radius 2 is 1.78 bits per heavy atom. The molecule has 0 N–H and O–H groups in total. The molecule has 0 fully saturated rings. The number of carbonyl (C=O) groups excluding carboxylic acids is 1. The molecule has 0 amide bonds.